The molecule has 0 amide bonds. The maximum absolute atomic E-state index is 5.23. The van der Waals surface area contributed by atoms with Crippen LogP contribution < -0.4 is 16.2 Å². The van der Waals surface area contributed by atoms with Crippen molar-refractivity contribution in [3.8, 4) is 0 Å². The molecule has 0 aromatic carbocycles. The molecule has 0 fully saturated rings. The van der Waals surface area contributed by atoms with Crippen LogP contribution in [0, 0.1) is 0 Å². The topological polar surface area (TPSA) is 85.5 Å². The van der Waals surface area contributed by atoms with Crippen LogP contribution in [0.3, 0.4) is 0 Å². The predicted molar refractivity (Wildman–Crippen MR) is 80.3 cm³/mol. The highest BCUT2D eigenvalue weighted by atomic mass is 35.5. The highest BCUT2D eigenvalue weighted by molar-refractivity contribution is 5.85. The van der Waals surface area contributed by atoms with Crippen LogP contribution in [0.15, 0.2) is 12.1 Å². The van der Waals surface area contributed by atoms with E-state index in [9.17, 15) is 0 Å². The van der Waals surface area contributed by atoms with Gasteiger partial charge in [-0.1, -0.05) is 0 Å². The number of nitrogens with one attached hydrogen (secondary N) is 1. The molecule has 7 nitrogen and oxygen atoms in total. The van der Waals surface area contributed by atoms with E-state index in [0.717, 1.165) is 18.9 Å². The van der Waals surface area contributed by atoms with E-state index in [4.69, 9.17) is 15.3 Å². The number of ether oxygens (including phenoxy) is 2. The van der Waals surface area contributed by atoms with Crippen LogP contribution in [0.1, 0.15) is 0 Å². The van der Waals surface area contributed by atoms with Crippen molar-refractivity contribution in [2.45, 2.75) is 0 Å². The lowest BCUT2D eigenvalue weighted by molar-refractivity contribution is 0.190. The molecule has 3 N–H and O–H groups in total. The Morgan fingerprint density at radius 2 is 1.68 bits per heavy atom. The second kappa shape index (κ2) is 12.2. The Hall–Kier alpha value is -0.860. The Kier molecular flexibility index (Phi) is 13.1. The van der Waals surface area contributed by atoms with Gasteiger partial charge in [0.1, 0.15) is 0 Å². The number of rotatable bonds is 8. The van der Waals surface area contributed by atoms with E-state index in [0.29, 0.717) is 19.0 Å². The first kappa shape index (κ1) is 20.5. The number of hydrazine groups is 1. The Balaban J connectivity index is 0. The molecule has 9 heteroatoms. The minimum atomic E-state index is 0. The minimum Gasteiger partial charge on any atom is -0.383 e. The molecule has 0 aliphatic heterocycles. The van der Waals surface area contributed by atoms with Crippen LogP contribution >= 0.6 is 24.8 Å². The number of halogens is 2. The second-order valence-corrected chi connectivity index (χ2v) is 3.39. The summed E-state index contributed by atoms with van der Waals surface area (Å²) in [6.45, 7) is 2.73. The zero-order valence-electron chi connectivity index (χ0n) is 11.0. The third kappa shape index (κ3) is 7.34. The number of hydrogen-bond donors (Lipinski definition) is 2. The fourth-order valence-electron chi connectivity index (χ4n) is 1.31. The third-order valence-electron chi connectivity index (χ3n) is 2.25. The molecule has 0 saturated carbocycles. The van der Waals surface area contributed by atoms with Crippen LogP contribution in [0.4, 0.5) is 11.6 Å². The third-order valence-corrected chi connectivity index (χ3v) is 2.25. The Labute approximate surface area is 125 Å². The lowest BCUT2D eigenvalue weighted by atomic mass is 10.4. The molecule has 1 rings (SSSR count). The second-order valence-electron chi connectivity index (χ2n) is 3.39. The quantitative estimate of drug-likeness (QED) is 0.540. The standard InChI is InChI=1S/C10H19N5O2.2ClH/c1-16-7-5-15(6-8-17-2)10-4-3-9(12-11)13-14-10;;/h3-4H,5-8,11H2,1-2H3,(H,12,13);2*1H. The molecule has 1 aromatic heterocycles. The van der Waals surface area contributed by atoms with E-state index < -0.39 is 0 Å². The maximum atomic E-state index is 5.23. The van der Waals surface area contributed by atoms with E-state index in [-0.39, 0.29) is 24.8 Å². The Morgan fingerprint density at radius 1 is 1.11 bits per heavy atom. The van der Waals surface area contributed by atoms with Gasteiger partial charge in [-0.3, -0.25) is 0 Å². The van der Waals surface area contributed by atoms with Crippen molar-refractivity contribution in [3.05, 3.63) is 12.1 Å². The van der Waals surface area contributed by atoms with Crippen LogP contribution in [0.25, 0.3) is 0 Å². The molecule has 0 bridgehead atoms. The molecule has 1 aromatic rings. The van der Waals surface area contributed by atoms with E-state index in [1.807, 2.05) is 11.0 Å². The number of methoxy groups -OCH3 is 2. The van der Waals surface area contributed by atoms with Gasteiger partial charge in [0.15, 0.2) is 11.6 Å². The average Bonchev–Trinajstić information content (AvgIpc) is 2.39. The van der Waals surface area contributed by atoms with Gasteiger partial charge in [-0.2, -0.15) is 0 Å². The van der Waals surface area contributed by atoms with Crippen molar-refractivity contribution in [3.63, 3.8) is 0 Å². The molecule has 19 heavy (non-hydrogen) atoms. The van der Waals surface area contributed by atoms with Crippen molar-refractivity contribution < 1.29 is 9.47 Å². The zero-order chi connectivity index (χ0) is 12.5. The van der Waals surface area contributed by atoms with Crippen LogP contribution in [0.2, 0.25) is 0 Å². The largest absolute Gasteiger partial charge is 0.383 e. The van der Waals surface area contributed by atoms with Crippen LogP contribution in [0.5, 0.6) is 0 Å². The summed E-state index contributed by atoms with van der Waals surface area (Å²) in [5.41, 5.74) is 2.44. The summed E-state index contributed by atoms with van der Waals surface area (Å²) in [7, 11) is 3.34. The number of nitrogens with zero attached hydrogens (tertiary/aromatic N) is 3. The van der Waals surface area contributed by atoms with Crippen molar-refractivity contribution in [1.29, 1.82) is 0 Å². The van der Waals surface area contributed by atoms with E-state index in [1.165, 1.54) is 0 Å². The fourth-order valence-corrected chi connectivity index (χ4v) is 1.31. The summed E-state index contributed by atoms with van der Waals surface area (Å²) in [5, 5.41) is 8.00. The maximum Gasteiger partial charge on any atom is 0.162 e. The number of anilines is 2. The number of nitrogen functional groups attached to an aromatic ring is 1. The van der Waals surface area contributed by atoms with Crippen molar-refractivity contribution in [1.82, 2.24) is 10.2 Å². The first-order chi connectivity index (χ1) is 8.31. The van der Waals surface area contributed by atoms with Gasteiger partial charge < -0.3 is 19.8 Å². The fraction of sp³-hybridized carbons (Fsp3) is 0.600. The Morgan fingerprint density at radius 3 is 2.05 bits per heavy atom. The summed E-state index contributed by atoms with van der Waals surface area (Å²) in [5.74, 6) is 6.54. The van der Waals surface area contributed by atoms with E-state index in [1.54, 1.807) is 20.3 Å². The zero-order valence-corrected chi connectivity index (χ0v) is 12.7. The van der Waals surface area contributed by atoms with Gasteiger partial charge in [0.25, 0.3) is 0 Å². The summed E-state index contributed by atoms with van der Waals surface area (Å²) >= 11 is 0. The van der Waals surface area contributed by atoms with Gasteiger partial charge in [0, 0.05) is 27.3 Å². The van der Waals surface area contributed by atoms with Crippen molar-refractivity contribution in [2.75, 3.05) is 50.8 Å². The first-order valence-electron chi connectivity index (χ1n) is 5.35. The molecule has 0 radical (unpaired) electrons. The lowest BCUT2D eigenvalue weighted by Crippen LogP contribution is -2.31. The highest BCUT2D eigenvalue weighted by Crippen LogP contribution is 2.10. The summed E-state index contributed by atoms with van der Waals surface area (Å²) in [6.07, 6.45) is 0. The monoisotopic (exact) mass is 313 g/mol. The predicted octanol–water partition coefficient (Wildman–Crippen LogP) is 0.705. The van der Waals surface area contributed by atoms with Gasteiger partial charge in [-0.25, -0.2) is 5.84 Å². The van der Waals surface area contributed by atoms with E-state index in [2.05, 4.69) is 15.6 Å². The SMILES string of the molecule is COCCN(CCOC)c1ccc(NN)nn1.Cl.Cl. The molecule has 0 saturated heterocycles. The molecule has 1 heterocycles. The Bertz CT molecular complexity index is 307. The summed E-state index contributed by atoms with van der Waals surface area (Å²) < 4.78 is 10.1. The van der Waals surface area contributed by atoms with Gasteiger partial charge >= 0.3 is 0 Å². The number of aromatic nitrogens is 2. The van der Waals surface area contributed by atoms with Gasteiger partial charge in [0.2, 0.25) is 0 Å². The smallest absolute Gasteiger partial charge is 0.162 e. The first-order valence-corrected chi connectivity index (χ1v) is 5.35. The molecule has 0 aliphatic rings. The van der Waals surface area contributed by atoms with Gasteiger partial charge in [-0.15, -0.1) is 35.0 Å². The van der Waals surface area contributed by atoms with E-state index >= 15 is 0 Å². The summed E-state index contributed by atoms with van der Waals surface area (Å²) in [4.78, 5) is 2.04. The molecule has 0 aliphatic carbocycles. The number of hydrogen-bond acceptors (Lipinski definition) is 7. The molecule has 0 atom stereocenters. The van der Waals surface area contributed by atoms with Gasteiger partial charge in [-0.05, 0) is 12.1 Å². The van der Waals surface area contributed by atoms with Crippen LogP contribution in [-0.2, 0) is 9.47 Å². The normalized spacial score (nSPS) is 9.21. The summed E-state index contributed by atoms with van der Waals surface area (Å²) in [6, 6.07) is 3.63. The lowest BCUT2D eigenvalue weighted by Gasteiger charge is -2.22. The molecule has 112 valence electrons. The van der Waals surface area contributed by atoms with Crippen LogP contribution in [-0.4, -0.2) is 50.7 Å². The highest BCUT2D eigenvalue weighted by Gasteiger charge is 2.08. The van der Waals surface area contributed by atoms with Crippen molar-refractivity contribution in [2.24, 2.45) is 5.84 Å². The molecular weight excluding hydrogens is 293 g/mol. The average molecular weight is 314 g/mol. The van der Waals surface area contributed by atoms with Crippen molar-refractivity contribution >= 4 is 36.4 Å². The molecule has 0 spiro atoms. The minimum absolute atomic E-state index is 0. The molecule has 0 unspecified atom stereocenters. The number of nitrogens with two attached hydrogens (primary N) is 1. The van der Waals surface area contributed by atoms with Gasteiger partial charge in [0.05, 0.1) is 13.2 Å². The molecular formula is C10H21Cl2N5O2.